The summed E-state index contributed by atoms with van der Waals surface area (Å²) in [5, 5.41) is 7.02. The van der Waals surface area contributed by atoms with Crippen LogP contribution in [0.25, 0.3) is 0 Å². The van der Waals surface area contributed by atoms with Crippen LogP contribution in [0.4, 0.5) is 5.82 Å². The van der Waals surface area contributed by atoms with E-state index < -0.39 is 0 Å². The highest BCUT2D eigenvalue weighted by Gasteiger charge is 2.31. The number of amides is 1. The molecule has 1 aliphatic rings. The molecule has 88 valence electrons. The van der Waals surface area contributed by atoms with Crippen LogP contribution in [0.15, 0.2) is 6.20 Å². The maximum Gasteiger partial charge on any atom is 0.257 e. The summed E-state index contributed by atoms with van der Waals surface area (Å²) in [6.45, 7) is 2.09. The van der Waals surface area contributed by atoms with Gasteiger partial charge in [-0.15, -0.1) is 0 Å². The van der Waals surface area contributed by atoms with Crippen LogP contribution in [0.2, 0.25) is 0 Å². The largest absolute Gasteiger partial charge is 0.383 e. The average molecular weight is 222 g/mol. The summed E-state index contributed by atoms with van der Waals surface area (Å²) < 4.78 is 1.51. The molecule has 1 aromatic heterocycles. The van der Waals surface area contributed by atoms with Crippen molar-refractivity contribution in [2.24, 2.45) is 7.05 Å². The average Bonchev–Trinajstić information content (AvgIpc) is 2.76. The van der Waals surface area contributed by atoms with Crippen LogP contribution in [0.5, 0.6) is 0 Å². The van der Waals surface area contributed by atoms with E-state index in [1.807, 2.05) is 0 Å². The predicted molar refractivity (Wildman–Crippen MR) is 62.0 cm³/mol. The molecule has 1 saturated carbocycles. The van der Waals surface area contributed by atoms with Gasteiger partial charge >= 0.3 is 0 Å². The van der Waals surface area contributed by atoms with Gasteiger partial charge in [0.25, 0.3) is 5.91 Å². The highest BCUT2D eigenvalue weighted by atomic mass is 16.1. The van der Waals surface area contributed by atoms with Crippen LogP contribution in [0, 0.1) is 0 Å². The number of anilines is 1. The summed E-state index contributed by atoms with van der Waals surface area (Å²) >= 11 is 0. The molecule has 1 fully saturated rings. The lowest BCUT2D eigenvalue weighted by Gasteiger charge is -2.25. The van der Waals surface area contributed by atoms with Crippen molar-refractivity contribution in [3.8, 4) is 0 Å². The molecule has 0 radical (unpaired) electrons. The van der Waals surface area contributed by atoms with Gasteiger partial charge in [-0.2, -0.15) is 5.10 Å². The summed E-state index contributed by atoms with van der Waals surface area (Å²) in [5.41, 5.74) is 6.16. The molecule has 3 N–H and O–H groups in total. The van der Waals surface area contributed by atoms with Gasteiger partial charge < -0.3 is 11.1 Å². The Balaban J connectivity index is 2.11. The second-order valence-electron chi connectivity index (χ2n) is 4.79. The van der Waals surface area contributed by atoms with Crippen molar-refractivity contribution < 1.29 is 4.79 Å². The fourth-order valence-corrected chi connectivity index (χ4v) is 2.24. The summed E-state index contributed by atoms with van der Waals surface area (Å²) in [6, 6.07) is 0. The third kappa shape index (κ3) is 1.89. The van der Waals surface area contributed by atoms with E-state index in [2.05, 4.69) is 17.3 Å². The van der Waals surface area contributed by atoms with Crippen molar-refractivity contribution in [2.75, 3.05) is 5.73 Å². The predicted octanol–water partition coefficient (Wildman–Crippen LogP) is 1.06. The van der Waals surface area contributed by atoms with Gasteiger partial charge in [0, 0.05) is 12.6 Å². The van der Waals surface area contributed by atoms with Gasteiger partial charge in [-0.25, -0.2) is 0 Å². The zero-order valence-corrected chi connectivity index (χ0v) is 9.79. The minimum Gasteiger partial charge on any atom is -0.383 e. The normalized spacial score (nSPS) is 18.6. The Labute approximate surface area is 95.0 Å². The van der Waals surface area contributed by atoms with E-state index in [9.17, 15) is 4.79 Å². The second-order valence-corrected chi connectivity index (χ2v) is 4.79. The number of rotatable bonds is 2. The van der Waals surface area contributed by atoms with Gasteiger partial charge in [-0.05, 0) is 19.8 Å². The molecule has 2 rings (SSSR count). The first-order valence-corrected chi connectivity index (χ1v) is 5.62. The molecule has 1 amide bonds. The first-order valence-electron chi connectivity index (χ1n) is 5.62. The first-order chi connectivity index (χ1) is 7.52. The zero-order chi connectivity index (χ0) is 11.8. The molecule has 16 heavy (non-hydrogen) atoms. The Hall–Kier alpha value is -1.52. The minimum absolute atomic E-state index is 0.0701. The molecule has 0 saturated heterocycles. The van der Waals surface area contributed by atoms with Crippen molar-refractivity contribution in [3.63, 3.8) is 0 Å². The van der Waals surface area contributed by atoms with E-state index >= 15 is 0 Å². The fraction of sp³-hybridized carbons (Fsp3) is 0.636. The molecule has 5 heteroatoms. The van der Waals surface area contributed by atoms with Crippen LogP contribution in [0.1, 0.15) is 43.0 Å². The molecule has 0 unspecified atom stereocenters. The highest BCUT2D eigenvalue weighted by Crippen LogP contribution is 2.29. The molecule has 1 aliphatic carbocycles. The van der Waals surface area contributed by atoms with E-state index in [4.69, 9.17) is 5.73 Å². The van der Waals surface area contributed by atoms with Crippen molar-refractivity contribution in [1.29, 1.82) is 0 Å². The molecule has 1 aromatic rings. The van der Waals surface area contributed by atoms with Crippen LogP contribution >= 0.6 is 0 Å². The highest BCUT2D eigenvalue weighted by molar-refractivity contribution is 5.98. The smallest absolute Gasteiger partial charge is 0.257 e. The molecule has 0 aromatic carbocycles. The topological polar surface area (TPSA) is 72.9 Å². The molecule has 0 bridgehead atoms. The zero-order valence-electron chi connectivity index (χ0n) is 9.79. The Morgan fingerprint density at radius 2 is 2.19 bits per heavy atom. The van der Waals surface area contributed by atoms with E-state index in [0.29, 0.717) is 11.4 Å². The van der Waals surface area contributed by atoms with Gasteiger partial charge in [0.2, 0.25) is 0 Å². The SMILES string of the molecule is Cn1ncc(C(=O)NC2(C)CCCC2)c1N. The molecular weight excluding hydrogens is 204 g/mol. The molecular formula is C11H18N4O. The van der Waals surface area contributed by atoms with Gasteiger partial charge in [0.05, 0.1) is 6.20 Å². The van der Waals surface area contributed by atoms with Crippen LogP contribution < -0.4 is 11.1 Å². The van der Waals surface area contributed by atoms with Crippen molar-refractivity contribution in [3.05, 3.63) is 11.8 Å². The molecule has 0 atom stereocenters. The maximum atomic E-state index is 12.0. The fourth-order valence-electron chi connectivity index (χ4n) is 2.24. The summed E-state index contributed by atoms with van der Waals surface area (Å²) in [7, 11) is 1.73. The third-order valence-corrected chi connectivity index (χ3v) is 3.35. The van der Waals surface area contributed by atoms with Gasteiger partial charge in [-0.3, -0.25) is 9.48 Å². The Kier molecular flexibility index (Phi) is 2.61. The van der Waals surface area contributed by atoms with Crippen molar-refractivity contribution in [2.45, 2.75) is 38.1 Å². The number of nitrogen functional groups attached to an aromatic ring is 1. The number of carbonyl (C=O) groups excluding carboxylic acids is 1. The number of aromatic nitrogens is 2. The number of hydrogen-bond acceptors (Lipinski definition) is 3. The van der Waals surface area contributed by atoms with Crippen molar-refractivity contribution in [1.82, 2.24) is 15.1 Å². The van der Waals surface area contributed by atoms with Gasteiger partial charge in [0.1, 0.15) is 11.4 Å². The quantitative estimate of drug-likeness (QED) is 0.786. The number of nitrogens with two attached hydrogens (primary N) is 1. The number of nitrogens with zero attached hydrogens (tertiary/aromatic N) is 2. The number of nitrogens with one attached hydrogen (secondary N) is 1. The van der Waals surface area contributed by atoms with Crippen LogP contribution in [-0.4, -0.2) is 21.2 Å². The summed E-state index contributed by atoms with van der Waals surface area (Å²) in [6.07, 6.45) is 5.96. The monoisotopic (exact) mass is 222 g/mol. The summed E-state index contributed by atoms with van der Waals surface area (Å²) in [5.74, 6) is 0.300. The minimum atomic E-state index is -0.116. The van der Waals surface area contributed by atoms with E-state index in [1.54, 1.807) is 7.05 Å². The molecule has 0 spiro atoms. The first kappa shape index (κ1) is 11.0. The number of aryl methyl sites for hydroxylation is 1. The molecule has 5 nitrogen and oxygen atoms in total. The Morgan fingerprint density at radius 1 is 1.56 bits per heavy atom. The van der Waals surface area contributed by atoms with Crippen molar-refractivity contribution >= 4 is 11.7 Å². The Bertz CT molecular complexity index is 404. The lowest BCUT2D eigenvalue weighted by molar-refractivity contribution is 0.0909. The lowest BCUT2D eigenvalue weighted by Crippen LogP contribution is -2.43. The Morgan fingerprint density at radius 3 is 2.69 bits per heavy atom. The van der Waals surface area contributed by atoms with E-state index in [0.717, 1.165) is 12.8 Å². The summed E-state index contributed by atoms with van der Waals surface area (Å²) in [4.78, 5) is 12.0. The number of hydrogen-bond donors (Lipinski definition) is 2. The molecule has 0 aliphatic heterocycles. The van der Waals surface area contributed by atoms with Gasteiger partial charge in [0.15, 0.2) is 0 Å². The molecule has 1 heterocycles. The van der Waals surface area contributed by atoms with E-state index in [-0.39, 0.29) is 11.4 Å². The maximum absolute atomic E-state index is 12.0. The second kappa shape index (κ2) is 3.81. The van der Waals surface area contributed by atoms with Crippen LogP contribution in [-0.2, 0) is 7.05 Å². The third-order valence-electron chi connectivity index (χ3n) is 3.35. The van der Waals surface area contributed by atoms with E-state index in [1.165, 1.54) is 23.7 Å². The van der Waals surface area contributed by atoms with Gasteiger partial charge in [-0.1, -0.05) is 12.8 Å². The standard InChI is InChI=1S/C11H18N4O/c1-11(5-3-4-6-11)14-10(16)8-7-13-15(2)9(8)12/h7H,3-6,12H2,1-2H3,(H,14,16). The van der Waals surface area contributed by atoms with Crippen LogP contribution in [0.3, 0.4) is 0 Å². The lowest BCUT2D eigenvalue weighted by atomic mass is 10.0. The number of carbonyl (C=O) groups is 1.